The van der Waals surface area contributed by atoms with Crippen molar-refractivity contribution in [2.24, 2.45) is 5.92 Å². The third-order valence-corrected chi connectivity index (χ3v) is 2.30. The van der Waals surface area contributed by atoms with Crippen LogP contribution >= 0.6 is 11.6 Å². The highest BCUT2D eigenvalue weighted by Crippen LogP contribution is 2.16. The maximum atomic E-state index is 10.4. The van der Waals surface area contributed by atoms with Crippen molar-refractivity contribution in [3.63, 3.8) is 0 Å². The van der Waals surface area contributed by atoms with Gasteiger partial charge >= 0.3 is 0 Å². The van der Waals surface area contributed by atoms with E-state index in [0.29, 0.717) is 5.02 Å². The van der Waals surface area contributed by atoms with Crippen molar-refractivity contribution in [3.8, 4) is 0 Å². The molecule has 0 spiro atoms. The predicted molar refractivity (Wildman–Crippen MR) is 52.8 cm³/mol. The number of pyridine rings is 1. The van der Waals surface area contributed by atoms with Crippen molar-refractivity contribution in [2.45, 2.75) is 19.8 Å². The van der Waals surface area contributed by atoms with Crippen LogP contribution in [0.5, 0.6) is 0 Å². The van der Waals surface area contributed by atoms with E-state index in [1.165, 1.54) is 0 Å². The van der Waals surface area contributed by atoms with Crippen molar-refractivity contribution < 1.29 is 4.79 Å². The van der Waals surface area contributed by atoms with Gasteiger partial charge in [0.25, 0.3) is 0 Å². The average Bonchev–Trinajstić information content (AvgIpc) is 2.16. The van der Waals surface area contributed by atoms with Gasteiger partial charge in [0.15, 0.2) is 0 Å². The van der Waals surface area contributed by atoms with Crippen LogP contribution in [0.25, 0.3) is 0 Å². The molecule has 0 radical (unpaired) electrons. The Bertz CT molecular complexity index is 288. The van der Waals surface area contributed by atoms with E-state index < -0.39 is 0 Å². The van der Waals surface area contributed by atoms with E-state index in [1.54, 1.807) is 12.4 Å². The van der Waals surface area contributed by atoms with Gasteiger partial charge in [0.2, 0.25) is 0 Å². The Labute approximate surface area is 82.9 Å². The van der Waals surface area contributed by atoms with E-state index >= 15 is 0 Å². The molecular weight excluding hydrogens is 186 g/mol. The Morgan fingerprint density at radius 3 is 3.08 bits per heavy atom. The maximum Gasteiger partial charge on any atom is 0.122 e. The molecular formula is C10H12ClNO. The van der Waals surface area contributed by atoms with Crippen molar-refractivity contribution in [2.75, 3.05) is 0 Å². The van der Waals surface area contributed by atoms with Crippen LogP contribution in [0.3, 0.4) is 0 Å². The lowest BCUT2D eigenvalue weighted by molar-refractivity contribution is -0.110. The van der Waals surface area contributed by atoms with Gasteiger partial charge in [0, 0.05) is 18.3 Å². The monoisotopic (exact) mass is 197 g/mol. The molecule has 0 saturated heterocycles. The third kappa shape index (κ3) is 3.15. The number of nitrogens with zero attached hydrogens (tertiary/aromatic N) is 1. The summed E-state index contributed by atoms with van der Waals surface area (Å²) in [6.45, 7) is 1.90. The lowest BCUT2D eigenvalue weighted by atomic mass is 10.0. The molecule has 70 valence electrons. The lowest BCUT2D eigenvalue weighted by Crippen LogP contribution is -1.98. The molecule has 0 N–H and O–H groups in total. The number of aromatic nitrogens is 1. The molecule has 0 amide bonds. The number of carbonyl (C=O) groups is 1. The quantitative estimate of drug-likeness (QED) is 0.695. The number of hydrogen-bond donors (Lipinski definition) is 0. The van der Waals surface area contributed by atoms with Crippen molar-refractivity contribution in [1.82, 2.24) is 4.98 Å². The van der Waals surface area contributed by atoms with Gasteiger partial charge in [-0.3, -0.25) is 4.98 Å². The van der Waals surface area contributed by atoms with Gasteiger partial charge < -0.3 is 4.79 Å². The number of aryl methyl sites for hydroxylation is 1. The first-order valence-electron chi connectivity index (χ1n) is 4.27. The van der Waals surface area contributed by atoms with E-state index in [9.17, 15) is 4.79 Å². The number of aldehydes is 1. The summed E-state index contributed by atoms with van der Waals surface area (Å²) in [5.41, 5.74) is 1.06. The molecule has 13 heavy (non-hydrogen) atoms. The van der Waals surface area contributed by atoms with Gasteiger partial charge in [0.1, 0.15) is 6.29 Å². The summed E-state index contributed by atoms with van der Waals surface area (Å²) in [6.07, 6.45) is 5.98. The smallest absolute Gasteiger partial charge is 0.122 e. The first-order chi connectivity index (χ1) is 6.24. The van der Waals surface area contributed by atoms with Crippen LogP contribution in [-0.4, -0.2) is 11.3 Å². The molecule has 0 aromatic carbocycles. The Kier molecular flexibility index (Phi) is 3.90. The highest BCUT2D eigenvalue weighted by atomic mass is 35.5. The summed E-state index contributed by atoms with van der Waals surface area (Å²) in [5, 5.41) is 0.681. The fourth-order valence-corrected chi connectivity index (χ4v) is 1.27. The largest absolute Gasteiger partial charge is 0.303 e. The SMILES string of the molecule is CC(C=O)CCc1ccncc1Cl. The topological polar surface area (TPSA) is 30.0 Å². The molecule has 1 rings (SSSR count). The highest BCUT2D eigenvalue weighted by molar-refractivity contribution is 6.31. The summed E-state index contributed by atoms with van der Waals surface area (Å²) in [7, 11) is 0. The lowest BCUT2D eigenvalue weighted by Gasteiger charge is -2.04. The number of hydrogen-bond acceptors (Lipinski definition) is 2. The van der Waals surface area contributed by atoms with Crippen LogP contribution in [0.15, 0.2) is 18.5 Å². The van der Waals surface area contributed by atoms with Gasteiger partial charge in [-0.05, 0) is 24.5 Å². The number of carbonyl (C=O) groups excluding carboxylic acids is 1. The third-order valence-electron chi connectivity index (χ3n) is 1.96. The average molecular weight is 198 g/mol. The molecule has 1 aromatic rings. The van der Waals surface area contributed by atoms with Crippen LogP contribution < -0.4 is 0 Å². The molecule has 1 aromatic heterocycles. The predicted octanol–water partition coefficient (Wildman–Crippen LogP) is 2.50. The molecule has 2 nitrogen and oxygen atoms in total. The Balaban J connectivity index is 2.54. The maximum absolute atomic E-state index is 10.4. The second-order valence-corrected chi connectivity index (χ2v) is 3.53. The van der Waals surface area contributed by atoms with E-state index in [0.717, 1.165) is 24.7 Å². The molecule has 0 saturated carbocycles. The highest BCUT2D eigenvalue weighted by Gasteiger charge is 2.03. The molecule has 0 aliphatic carbocycles. The molecule has 0 bridgehead atoms. The second-order valence-electron chi connectivity index (χ2n) is 3.12. The normalized spacial score (nSPS) is 12.5. The van der Waals surface area contributed by atoms with Crippen LogP contribution in [0.4, 0.5) is 0 Å². The van der Waals surface area contributed by atoms with Crippen LogP contribution in [-0.2, 0) is 11.2 Å². The van der Waals surface area contributed by atoms with E-state index in [1.807, 2.05) is 13.0 Å². The minimum absolute atomic E-state index is 0.101. The van der Waals surface area contributed by atoms with E-state index in [4.69, 9.17) is 11.6 Å². The fourth-order valence-electron chi connectivity index (χ4n) is 1.06. The van der Waals surface area contributed by atoms with Crippen LogP contribution in [0, 0.1) is 5.92 Å². The zero-order chi connectivity index (χ0) is 9.68. The van der Waals surface area contributed by atoms with Gasteiger partial charge in [-0.2, -0.15) is 0 Å². The second kappa shape index (κ2) is 4.97. The summed E-state index contributed by atoms with van der Waals surface area (Å²) < 4.78 is 0. The number of halogens is 1. The molecule has 0 aliphatic rings. The minimum Gasteiger partial charge on any atom is -0.303 e. The van der Waals surface area contributed by atoms with E-state index in [-0.39, 0.29) is 5.92 Å². The minimum atomic E-state index is 0.101. The van der Waals surface area contributed by atoms with Crippen molar-refractivity contribution in [3.05, 3.63) is 29.0 Å². The summed E-state index contributed by atoms with van der Waals surface area (Å²) in [6, 6.07) is 1.89. The van der Waals surface area contributed by atoms with Crippen LogP contribution in [0.2, 0.25) is 5.02 Å². The summed E-state index contributed by atoms with van der Waals surface area (Å²) in [5.74, 6) is 0.101. The molecule has 1 heterocycles. The molecule has 0 aliphatic heterocycles. The zero-order valence-electron chi connectivity index (χ0n) is 7.53. The fraction of sp³-hybridized carbons (Fsp3) is 0.400. The molecule has 3 heteroatoms. The van der Waals surface area contributed by atoms with E-state index in [2.05, 4.69) is 4.98 Å². The van der Waals surface area contributed by atoms with Crippen molar-refractivity contribution in [1.29, 1.82) is 0 Å². The van der Waals surface area contributed by atoms with Gasteiger partial charge in [0.05, 0.1) is 5.02 Å². The first kappa shape index (κ1) is 10.2. The number of rotatable bonds is 4. The van der Waals surface area contributed by atoms with Gasteiger partial charge in [-0.15, -0.1) is 0 Å². The summed E-state index contributed by atoms with van der Waals surface area (Å²) >= 11 is 5.90. The Morgan fingerprint density at radius 1 is 1.69 bits per heavy atom. The first-order valence-corrected chi connectivity index (χ1v) is 4.65. The van der Waals surface area contributed by atoms with Gasteiger partial charge in [-0.25, -0.2) is 0 Å². The van der Waals surface area contributed by atoms with Crippen LogP contribution in [0.1, 0.15) is 18.9 Å². The zero-order valence-corrected chi connectivity index (χ0v) is 8.29. The summed E-state index contributed by atoms with van der Waals surface area (Å²) in [4.78, 5) is 14.3. The Morgan fingerprint density at radius 2 is 2.46 bits per heavy atom. The molecule has 1 unspecified atom stereocenters. The van der Waals surface area contributed by atoms with Gasteiger partial charge in [-0.1, -0.05) is 18.5 Å². The molecule has 0 fully saturated rings. The molecule has 1 atom stereocenters. The van der Waals surface area contributed by atoms with Crippen molar-refractivity contribution >= 4 is 17.9 Å². The standard InChI is InChI=1S/C10H12ClNO/c1-8(7-13)2-3-9-4-5-12-6-10(9)11/h4-8H,2-3H2,1H3. The Hall–Kier alpha value is -0.890.